The molecule has 1 N–H and O–H groups in total. The van der Waals surface area contributed by atoms with Crippen LogP contribution in [0.3, 0.4) is 0 Å². The predicted octanol–water partition coefficient (Wildman–Crippen LogP) is 9.84. The quantitative estimate of drug-likeness (QED) is 0.143. The van der Waals surface area contributed by atoms with E-state index in [0.29, 0.717) is 40.8 Å². The number of alkyl halides is 3. The van der Waals surface area contributed by atoms with Crippen LogP contribution in [0.5, 0.6) is 0 Å². The number of carbonyl (C=O) groups excluding carboxylic acids is 1. The van der Waals surface area contributed by atoms with Crippen molar-refractivity contribution in [3.05, 3.63) is 128 Å². The van der Waals surface area contributed by atoms with Crippen LogP contribution in [0.15, 0.2) is 94.2 Å². The Balaban J connectivity index is 1.52. The van der Waals surface area contributed by atoms with Crippen molar-refractivity contribution in [3.8, 4) is 22.3 Å². The Morgan fingerprint density at radius 3 is 2.30 bits per heavy atom. The summed E-state index contributed by atoms with van der Waals surface area (Å²) in [6.45, 7) is 2.75. The molecule has 0 fully saturated rings. The lowest BCUT2D eigenvalue weighted by atomic mass is 9.89. The molecule has 5 aromatic rings. The van der Waals surface area contributed by atoms with Gasteiger partial charge in [-0.15, -0.1) is 0 Å². The summed E-state index contributed by atoms with van der Waals surface area (Å²) in [5.74, 6) is -2.10. The van der Waals surface area contributed by atoms with Crippen LogP contribution in [0, 0.1) is 5.82 Å². The van der Waals surface area contributed by atoms with Crippen molar-refractivity contribution in [2.24, 2.45) is 0 Å². The van der Waals surface area contributed by atoms with Gasteiger partial charge in [0.15, 0.2) is 0 Å². The number of benzene rings is 4. The lowest BCUT2D eigenvalue weighted by Gasteiger charge is -2.27. The van der Waals surface area contributed by atoms with E-state index in [1.54, 1.807) is 36.4 Å². The van der Waals surface area contributed by atoms with Gasteiger partial charge in [0.05, 0.1) is 16.8 Å². The molecule has 4 aromatic carbocycles. The zero-order chi connectivity index (χ0) is 33.5. The molecule has 11 heteroatoms. The molecule has 0 unspecified atom stereocenters. The lowest BCUT2D eigenvalue weighted by Crippen LogP contribution is -2.28. The van der Waals surface area contributed by atoms with Crippen molar-refractivity contribution in [2.75, 3.05) is 18.4 Å². The number of hydrogen-bond donors (Lipinski definition) is 1. The van der Waals surface area contributed by atoms with Crippen LogP contribution in [0.2, 0.25) is 10.0 Å². The molecule has 0 aliphatic carbocycles. The van der Waals surface area contributed by atoms with Crippen molar-refractivity contribution in [1.82, 2.24) is 4.90 Å². The first kappa shape index (κ1) is 32.5. The number of halogens is 6. The van der Waals surface area contributed by atoms with Crippen molar-refractivity contribution in [1.29, 1.82) is 0 Å². The number of amides is 1. The second kappa shape index (κ2) is 13.0. The van der Waals surface area contributed by atoms with Crippen molar-refractivity contribution >= 4 is 51.3 Å². The lowest BCUT2D eigenvalue weighted by molar-refractivity contribution is -0.136. The number of anilines is 1. The van der Waals surface area contributed by atoms with Gasteiger partial charge in [-0.2, -0.15) is 13.2 Å². The Morgan fingerprint density at radius 2 is 1.66 bits per heavy atom. The zero-order valence-corrected chi connectivity index (χ0v) is 26.4. The van der Waals surface area contributed by atoms with Gasteiger partial charge < -0.3 is 9.73 Å². The van der Waals surface area contributed by atoms with Gasteiger partial charge in [0, 0.05) is 59.2 Å². The van der Waals surface area contributed by atoms with Gasteiger partial charge in [-0.1, -0.05) is 71.7 Å². The van der Waals surface area contributed by atoms with Gasteiger partial charge in [0.1, 0.15) is 11.4 Å². The molecule has 1 aliphatic rings. The van der Waals surface area contributed by atoms with Crippen LogP contribution in [-0.4, -0.2) is 23.9 Å². The molecule has 5 nitrogen and oxygen atoms in total. The van der Waals surface area contributed by atoms with E-state index in [-0.39, 0.29) is 16.5 Å². The highest BCUT2D eigenvalue weighted by molar-refractivity contribution is 6.32. The number of nitrogens with one attached hydrogen (secondary N) is 1. The summed E-state index contributed by atoms with van der Waals surface area (Å²) in [5.41, 5.74) is -1.68. The molecular formula is C36H26Cl2F4N2O3. The van der Waals surface area contributed by atoms with E-state index < -0.39 is 45.9 Å². The largest absolute Gasteiger partial charge is 0.422 e. The molecule has 0 bridgehead atoms. The number of nitrogens with zero attached hydrogens (tertiary/aromatic N) is 1. The average molecular weight is 682 g/mol. The van der Waals surface area contributed by atoms with E-state index in [2.05, 4.69) is 16.3 Å². The van der Waals surface area contributed by atoms with E-state index in [0.717, 1.165) is 31.0 Å². The van der Waals surface area contributed by atoms with Gasteiger partial charge >= 0.3 is 11.8 Å². The van der Waals surface area contributed by atoms with Crippen LogP contribution in [0.4, 0.5) is 23.2 Å². The predicted molar refractivity (Wildman–Crippen MR) is 177 cm³/mol. The summed E-state index contributed by atoms with van der Waals surface area (Å²) in [6.07, 6.45) is -2.26. The van der Waals surface area contributed by atoms with Crippen LogP contribution in [0.25, 0.3) is 38.8 Å². The Kier molecular flexibility index (Phi) is 8.98. The Labute approximate surface area is 277 Å². The normalized spacial score (nSPS) is 13.9. The molecule has 1 aromatic heterocycles. The highest BCUT2D eigenvalue weighted by Crippen LogP contribution is 2.46. The summed E-state index contributed by atoms with van der Waals surface area (Å²) < 4.78 is 65.2. The van der Waals surface area contributed by atoms with Crippen LogP contribution >= 0.6 is 23.2 Å². The van der Waals surface area contributed by atoms with E-state index in [1.807, 2.05) is 24.3 Å². The number of rotatable bonds is 6. The number of hydrogen-bond acceptors (Lipinski definition) is 4. The Hall–Kier alpha value is -4.44. The monoisotopic (exact) mass is 680 g/mol. The first-order chi connectivity index (χ1) is 22.4. The van der Waals surface area contributed by atoms with Crippen molar-refractivity contribution in [2.45, 2.75) is 26.1 Å². The van der Waals surface area contributed by atoms with Gasteiger partial charge in [0.25, 0.3) is 0 Å². The fourth-order valence-electron chi connectivity index (χ4n) is 5.95. The molecule has 47 heavy (non-hydrogen) atoms. The first-order valence-corrected chi connectivity index (χ1v) is 15.4. The minimum Gasteiger partial charge on any atom is -0.422 e. The standard InChI is InChI=1S/C36H26Cl2F4N2O3/c1-20(45)43-29-12-11-28(39)32(34(29)36(40,41)42)33-31(23-5-3-2-4-6-23)26-17-24(27(38)18-30(26)47-35(33)46)19-44-15-13-22(14-16-44)21-7-9-25(37)10-8-21/h2-13,17-18H,14-16,19H2,1H3,(H,43,45). The maximum atomic E-state index is 15.7. The Bertz CT molecular complexity index is 2090. The topological polar surface area (TPSA) is 62.6 Å². The van der Waals surface area contributed by atoms with Gasteiger partial charge in [-0.05, 0) is 59.0 Å². The SMILES string of the molecule is CC(=O)Nc1ccc(F)c(-c2c(-c3ccccc3)c3cc(CN4CC=C(c5ccc(Cl)cc5)CC4)c(Cl)cc3oc2=O)c1C(F)(F)F. The van der Waals surface area contributed by atoms with Crippen LogP contribution < -0.4 is 10.9 Å². The molecular weight excluding hydrogens is 655 g/mol. The smallest absolute Gasteiger partial charge is 0.419 e. The average Bonchev–Trinajstić information content (AvgIpc) is 3.02. The molecule has 0 atom stereocenters. The molecule has 0 saturated carbocycles. The van der Waals surface area contributed by atoms with Gasteiger partial charge in [-0.25, -0.2) is 9.18 Å². The molecule has 2 heterocycles. The van der Waals surface area contributed by atoms with E-state index in [1.165, 1.54) is 11.6 Å². The maximum absolute atomic E-state index is 15.7. The molecule has 0 radical (unpaired) electrons. The molecule has 0 spiro atoms. The molecule has 1 aliphatic heterocycles. The summed E-state index contributed by atoms with van der Waals surface area (Å²) in [5, 5.41) is 3.35. The molecule has 6 rings (SSSR count). The summed E-state index contributed by atoms with van der Waals surface area (Å²) in [6, 6.07) is 20.6. The number of carbonyl (C=O) groups is 1. The first-order valence-electron chi connectivity index (χ1n) is 14.6. The van der Waals surface area contributed by atoms with E-state index in [4.69, 9.17) is 27.6 Å². The van der Waals surface area contributed by atoms with Gasteiger partial charge in [-0.3, -0.25) is 9.69 Å². The molecule has 0 saturated heterocycles. The van der Waals surface area contributed by atoms with E-state index >= 15 is 4.39 Å². The maximum Gasteiger partial charge on any atom is 0.419 e. The minimum absolute atomic E-state index is 0.0295. The zero-order valence-electron chi connectivity index (χ0n) is 24.9. The number of fused-ring (bicyclic) bond motifs is 1. The second-order valence-electron chi connectivity index (χ2n) is 11.2. The third-order valence-electron chi connectivity index (χ3n) is 8.04. The highest BCUT2D eigenvalue weighted by atomic mass is 35.5. The molecule has 1 amide bonds. The highest BCUT2D eigenvalue weighted by Gasteiger charge is 2.40. The van der Waals surface area contributed by atoms with Crippen LogP contribution in [0.1, 0.15) is 30.0 Å². The van der Waals surface area contributed by atoms with E-state index in [9.17, 15) is 22.8 Å². The van der Waals surface area contributed by atoms with Crippen LogP contribution in [-0.2, 0) is 17.5 Å². The summed E-state index contributed by atoms with van der Waals surface area (Å²) in [4.78, 5) is 27.6. The summed E-state index contributed by atoms with van der Waals surface area (Å²) >= 11 is 12.7. The van der Waals surface area contributed by atoms with Crippen molar-refractivity contribution < 1.29 is 26.8 Å². The minimum atomic E-state index is -5.15. The fraction of sp³-hybridized carbons (Fsp3) is 0.167. The second-order valence-corrected chi connectivity index (χ2v) is 12.0. The molecule has 240 valence electrons. The third kappa shape index (κ3) is 6.70. The van der Waals surface area contributed by atoms with Crippen molar-refractivity contribution in [3.63, 3.8) is 0 Å². The Morgan fingerprint density at radius 1 is 0.936 bits per heavy atom. The fourth-order valence-corrected chi connectivity index (χ4v) is 6.29. The third-order valence-corrected chi connectivity index (χ3v) is 8.64. The van der Waals surface area contributed by atoms with Gasteiger partial charge in [0.2, 0.25) is 5.91 Å². The summed E-state index contributed by atoms with van der Waals surface area (Å²) in [7, 11) is 0.